The van der Waals surface area contributed by atoms with Crippen LogP contribution in [0.3, 0.4) is 0 Å². The number of rotatable bonds is 6. The molecule has 0 aliphatic carbocycles. The van der Waals surface area contributed by atoms with Gasteiger partial charge in [0, 0.05) is 11.8 Å². The minimum atomic E-state index is -4.65. The summed E-state index contributed by atoms with van der Waals surface area (Å²) in [5.74, 6) is -2.09. The predicted octanol–water partition coefficient (Wildman–Crippen LogP) is 1.52. The molecule has 1 aliphatic heterocycles. The molecule has 1 atom stereocenters. The maximum Gasteiger partial charge on any atom is 0.492 e. The molecule has 2 aromatic rings. The number of alkyl halides is 3. The number of fused-ring (bicyclic) bond motifs is 1. The first-order chi connectivity index (χ1) is 15.0. The summed E-state index contributed by atoms with van der Waals surface area (Å²) in [6.07, 6.45) is -3.72. The minimum Gasteiger partial charge on any atom is -0.456 e. The van der Waals surface area contributed by atoms with Crippen LogP contribution in [-0.2, 0) is 33.6 Å². The molecule has 3 rings (SSSR count). The van der Waals surface area contributed by atoms with Gasteiger partial charge in [-0.15, -0.1) is 0 Å². The lowest BCUT2D eigenvalue weighted by Crippen LogP contribution is -2.46. The van der Waals surface area contributed by atoms with Crippen molar-refractivity contribution >= 4 is 24.5 Å². The quantitative estimate of drug-likeness (QED) is 0.506. The topological polar surface area (TPSA) is 111 Å². The summed E-state index contributed by atoms with van der Waals surface area (Å²) in [7, 11) is -1.13. The third-order valence-corrected chi connectivity index (χ3v) is 5.04. The third kappa shape index (κ3) is 5.08. The second kappa shape index (κ2) is 9.25. The molecule has 2 heterocycles. The SMILES string of the molecule is Cc1c(C(=O)NC(C(=O)OCc2nccc(C(F)(F)F)n2)C(C)C)ccc2c1B(O)OC2. The van der Waals surface area contributed by atoms with Gasteiger partial charge in [0.25, 0.3) is 5.91 Å². The van der Waals surface area contributed by atoms with Crippen molar-refractivity contribution in [1.82, 2.24) is 15.3 Å². The second-order valence-electron chi connectivity index (χ2n) is 7.63. The van der Waals surface area contributed by atoms with E-state index in [0.29, 0.717) is 17.1 Å². The van der Waals surface area contributed by atoms with Crippen molar-refractivity contribution in [1.29, 1.82) is 0 Å². The Labute approximate surface area is 182 Å². The van der Waals surface area contributed by atoms with E-state index < -0.39 is 43.5 Å². The fourth-order valence-electron chi connectivity index (χ4n) is 3.32. The van der Waals surface area contributed by atoms with E-state index >= 15 is 0 Å². The molecule has 2 N–H and O–H groups in total. The standard InChI is InChI=1S/C20H21BF3N3O5/c1-10(2)17(19(29)31-9-15-25-7-6-14(26-15)20(22,23)24)27-18(28)13-5-4-12-8-32-21(30)16(12)11(13)3/h4-7,10,17,30H,8-9H2,1-3H3,(H,27,28). The molecule has 170 valence electrons. The zero-order valence-corrected chi connectivity index (χ0v) is 17.6. The highest BCUT2D eigenvalue weighted by atomic mass is 19.4. The lowest BCUT2D eigenvalue weighted by molar-refractivity contribution is -0.148. The highest BCUT2D eigenvalue weighted by molar-refractivity contribution is 6.62. The molecule has 0 bridgehead atoms. The Morgan fingerprint density at radius 1 is 1.31 bits per heavy atom. The Kier molecular flexibility index (Phi) is 6.84. The van der Waals surface area contributed by atoms with Crippen LogP contribution >= 0.6 is 0 Å². The monoisotopic (exact) mass is 451 g/mol. The largest absolute Gasteiger partial charge is 0.492 e. The average Bonchev–Trinajstić information content (AvgIpc) is 3.11. The number of carbonyl (C=O) groups excluding carboxylic acids is 2. The number of esters is 1. The molecule has 1 unspecified atom stereocenters. The first kappa shape index (κ1) is 23.7. The summed E-state index contributed by atoms with van der Waals surface area (Å²) < 4.78 is 48.6. The first-order valence-electron chi connectivity index (χ1n) is 9.77. The van der Waals surface area contributed by atoms with Crippen molar-refractivity contribution in [2.24, 2.45) is 5.92 Å². The fraction of sp³-hybridized carbons (Fsp3) is 0.400. The molecule has 12 heteroatoms. The van der Waals surface area contributed by atoms with Crippen molar-refractivity contribution in [2.45, 2.75) is 46.2 Å². The minimum absolute atomic E-state index is 0.234. The highest BCUT2D eigenvalue weighted by Gasteiger charge is 2.34. The fourth-order valence-corrected chi connectivity index (χ4v) is 3.32. The van der Waals surface area contributed by atoms with Crippen LogP contribution in [0.25, 0.3) is 0 Å². The Balaban J connectivity index is 1.70. The molecular weight excluding hydrogens is 430 g/mol. The number of amides is 1. The zero-order valence-electron chi connectivity index (χ0n) is 17.6. The number of aromatic nitrogens is 2. The molecule has 1 aliphatic rings. The van der Waals surface area contributed by atoms with Crippen molar-refractivity contribution in [2.75, 3.05) is 0 Å². The van der Waals surface area contributed by atoms with Crippen LogP contribution in [0.2, 0.25) is 0 Å². The molecular formula is C20H21BF3N3O5. The highest BCUT2D eigenvalue weighted by Crippen LogP contribution is 2.27. The number of carbonyl (C=O) groups is 2. The third-order valence-electron chi connectivity index (χ3n) is 5.04. The van der Waals surface area contributed by atoms with Crippen molar-refractivity contribution in [3.8, 4) is 0 Å². The van der Waals surface area contributed by atoms with Crippen LogP contribution in [0.4, 0.5) is 13.2 Å². The van der Waals surface area contributed by atoms with Gasteiger partial charge >= 0.3 is 19.3 Å². The normalized spacial score (nSPS) is 14.3. The first-order valence-corrected chi connectivity index (χ1v) is 9.77. The molecule has 32 heavy (non-hydrogen) atoms. The van der Waals surface area contributed by atoms with Crippen LogP contribution in [0.1, 0.15) is 46.9 Å². The number of halogens is 3. The lowest BCUT2D eigenvalue weighted by Gasteiger charge is -2.21. The second-order valence-corrected chi connectivity index (χ2v) is 7.63. The number of nitrogens with zero attached hydrogens (tertiary/aromatic N) is 2. The van der Waals surface area contributed by atoms with Gasteiger partial charge in [-0.05, 0) is 41.6 Å². The van der Waals surface area contributed by atoms with Gasteiger partial charge in [0.2, 0.25) is 0 Å². The molecule has 0 saturated heterocycles. The van der Waals surface area contributed by atoms with Crippen LogP contribution in [-0.4, -0.2) is 40.0 Å². The van der Waals surface area contributed by atoms with Crippen LogP contribution < -0.4 is 10.8 Å². The van der Waals surface area contributed by atoms with Gasteiger partial charge in [-0.2, -0.15) is 13.2 Å². The van der Waals surface area contributed by atoms with Gasteiger partial charge in [-0.1, -0.05) is 19.9 Å². The van der Waals surface area contributed by atoms with Crippen LogP contribution in [0, 0.1) is 12.8 Å². The maximum atomic E-state index is 12.8. The molecule has 0 spiro atoms. The smallest absolute Gasteiger partial charge is 0.456 e. The van der Waals surface area contributed by atoms with E-state index in [4.69, 9.17) is 9.39 Å². The van der Waals surface area contributed by atoms with E-state index in [9.17, 15) is 27.8 Å². The molecule has 1 aromatic carbocycles. The number of ether oxygens (including phenoxy) is 1. The van der Waals surface area contributed by atoms with Crippen molar-refractivity contribution in [3.05, 3.63) is 52.6 Å². The van der Waals surface area contributed by atoms with Gasteiger partial charge in [-0.25, -0.2) is 14.8 Å². The van der Waals surface area contributed by atoms with Gasteiger partial charge in [0.1, 0.15) is 11.7 Å². The van der Waals surface area contributed by atoms with Gasteiger partial charge in [-0.3, -0.25) is 4.79 Å². The van der Waals surface area contributed by atoms with E-state index in [2.05, 4.69) is 15.3 Å². The molecule has 1 amide bonds. The Morgan fingerprint density at radius 2 is 2.03 bits per heavy atom. The molecule has 0 fully saturated rings. The summed E-state index contributed by atoms with van der Waals surface area (Å²) in [6.45, 7) is 4.68. The summed E-state index contributed by atoms with van der Waals surface area (Å²) >= 11 is 0. The van der Waals surface area contributed by atoms with E-state index in [-0.39, 0.29) is 23.9 Å². The number of benzene rings is 1. The summed E-state index contributed by atoms with van der Waals surface area (Å²) in [5, 5.41) is 12.6. The lowest BCUT2D eigenvalue weighted by atomic mass is 9.75. The molecule has 0 saturated carbocycles. The maximum absolute atomic E-state index is 12.8. The molecule has 0 radical (unpaired) electrons. The summed E-state index contributed by atoms with van der Waals surface area (Å²) in [6, 6.07) is 2.89. The Hall–Kier alpha value is -2.99. The molecule has 1 aromatic heterocycles. The van der Waals surface area contributed by atoms with E-state index in [1.165, 1.54) is 0 Å². The number of nitrogens with one attached hydrogen (secondary N) is 1. The van der Waals surface area contributed by atoms with Crippen molar-refractivity contribution in [3.63, 3.8) is 0 Å². The van der Waals surface area contributed by atoms with Crippen LogP contribution in [0.15, 0.2) is 24.4 Å². The zero-order chi connectivity index (χ0) is 23.6. The Morgan fingerprint density at radius 3 is 2.69 bits per heavy atom. The Bertz CT molecular complexity index is 1030. The van der Waals surface area contributed by atoms with Gasteiger partial charge in [0.15, 0.2) is 12.4 Å². The predicted molar refractivity (Wildman–Crippen MR) is 106 cm³/mol. The molecule has 8 nitrogen and oxygen atoms in total. The average molecular weight is 451 g/mol. The van der Waals surface area contributed by atoms with Crippen LogP contribution in [0.5, 0.6) is 0 Å². The van der Waals surface area contributed by atoms with Gasteiger partial charge in [0.05, 0.1) is 6.61 Å². The summed E-state index contributed by atoms with van der Waals surface area (Å²) in [5.41, 5.74) is 0.923. The van der Waals surface area contributed by atoms with E-state index in [1.54, 1.807) is 32.9 Å². The van der Waals surface area contributed by atoms with Gasteiger partial charge < -0.3 is 19.7 Å². The number of hydrogen-bond donors (Lipinski definition) is 2. The van der Waals surface area contributed by atoms with E-state index in [0.717, 1.165) is 11.8 Å². The van der Waals surface area contributed by atoms with Crippen molar-refractivity contribution < 1.29 is 37.2 Å². The summed E-state index contributed by atoms with van der Waals surface area (Å²) in [4.78, 5) is 32.4. The van der Waals surface area contributed by atoms with E-state index in [1.807, 2.05) is 0 Å². The number of hydrogen-bond acceptors (Lipinski definition) is 7.